The van der Waals surface area contributed by atoms with Crippen LogP contribution in [0.5, 0.6) is 0 Å². The molecule has 1 atom stereocenters. The molecule has 23 heavy (non-hydrogen) atoms. The van der Waals surface area contributed by atoms with Crippen molar-refractivity contribution in [3.63, 3.8) is 0 Å². The van der Waals surface area contributed by atoms with Gasteiger partial charge in [-0.25, -0.2) is 13.4 Å². The first kappa shape index (κ1) is 16.1. The lowest BCUT2D eigenvalue weighted by molar-refractivity contribution is -0.133. The van der Waals surface area contributed by atoms with E-state index in [1.54, 1.807) is 16.3 Å². The first-order chi connectivity index (χ1) is 10.9. The molecule has 0 spiro atoms. The number of fused-ring (bicyclic) bond motifs is 1. The van der Waals surface area contributed by atoms with Crippen molar-refractivity contribution in [2.45, 2.75) is 25.9 Å². The number of hydrogen-bond donors (Lipinski definition) is 0. The molecule has 124 valence electrons. The average Bonchev–Trinajstić information content (AvgIpc) is 3.10. The maximum atomic E-state index is 12.5. The third kappa shape index (κ3) is 3.16. The zero-order valence-corrected chi connectivity index (χ0v) is 14.3. The molecule has 0 N–H and O–H groups in total. The zero-order chi connectivity index (χ0) is 16.6. The summed E-state index contributed by atoms with van der Waals surface area (Å²) in [6.07, 6.45) is 1.83. The molecule has 7 nitrogen and oxygen atoms in total. The van der Waals surface area contributed by atoms with Gasteiger partial charge in [-0.05, 0) is 24.8 Å². The Hall–Kier alpha value is -1.74. The number of nitrogens with zero attached hydrogens (tertiary/aromatic N) is 3. The van der Waals surface area contributed by atoms with Gasteiger partial charge in [-0.1, -0.05) is 0 Å². The van der Waals surface area contributed by atoms with Gasteiger partial charge in [-0.2, -0.15) is 0 Å². The smallest absolute Gasteiger partial charge is 0.271 e. The summed E-state index contributed by atoms with van der Waals surface area (Å²) in [6, 6.07) is 1.46. The number of likely N-dealkylation sites (N-methyl/N-ethyl adjacent to an activating group) is 1. The zero-order valence-electron chi connectivity index (χ0n) is 12.6. The molecule has 3 rings (SSSR count). The van der Waals surface area contributed by atoms with E-state index in [0.717, 1.165) is 0 Å². The predicted octanol–water partition coefficient (Wildman–Crippen LogP) is 0.494. The summed E-state index contributed by atoms with van der Waals surface area (Å²) in [5.74, 6) is -0.136. The van der Waals surface area contributed by atoms with Crippen molar-refractivity contribution in [2.24, 2.45) is 0 Å². The molecule has 0 bridgehead atoms. The quantitative estimate of drug-likeness (QED) is 0.796. The summed E-state index contributed by atoms with van der Waals surface area (Å²) in [5.41, 5.74) is 0.381. The monoisotopic (exact) mass is 355 g/mol. The SMILES string of the molecule is CCN(C(=O)Cn1cnc2ccsc2c1=O)[C@H]1CCS(=O)(=O)C1. The molecule has 0 unspecified atom stereocenters. The lowest BCUT2D eigenvalue weighted by atomic mass is 10.2. The summed E-state index contributed by atoms with van der Waals surface area (Å²) in [7, 11) is -3.06. The topological polar surface area (TPSA) is 89.3 Å². The summed E-state index contributed by atoms with van der Waals surface area (Å²) in [6.45, 7) is 2.11. The van der Waals surface area contributed by atoms with E-state index in [2.05, 4.69) is 4.98 Å². The Morgan fingerprint density at radius 2 is 2.30 bits per heavy atom. The van der Waals surface area contributed by atoms with Crippen molar-refractivity contribution in [1.82, 2.24) is 14.5 Å². The highest BCUT2D eigenvalue weighted by Gasteiger charge is 2.33. The van der Waals surface area contributed by atoms with Crippen LogP contribution in [0.1, 0.15) is 13.3 Å². The first-order valence-corrected chi connectivity index (χ1v) is 10.0. The third-order valence-electron chi connectivity index (χ3n) is 4.05. The van der Waals surface area contributed by atoms with Gasteiger partial charge in [0.25, 0.3) is 5.56 Å². The van der Waals surface area contributed by atoms with Crippen LogP contribution in [0.4, 0.5) is 0 Å². The van der Waals surface area contributed by atoms with Gasteiger partial charge < -0.3 is 4.90 Å². The number of hydrogen-bond acceptors (Lipinski definition) is 6. The van der Waals surface area contributed by atoms with Gasteiger partial charge in [-0.3, -0.25) is 14.2 Å². The van der Waals surface area contributed by atoms with Crippen LogP contribution in [-0.2, 0) is 21.2 Å². The molecule has 2 aromatic heterocycles. The van der Waals surface area contributed by atoms with Crippen LogP contribution in [0.15, 0.2) is 22.6 Å². The highest BCUT2D eigenvalue weighted by Crippen LogP contribution is 2.18. The predicted molar refractivity (Wildman–Crippen MR) is 88.3 cm³/mol. The third-order valence-corrected chi connectivity index (χ3v) is 6.69. The van der Waals surface area contributed by atoms with Gasteiger partial charge in [0, 0.05) is 12.6 Å². The van der Waals surface area contributed by atoms with E-state index < -0.39 is 9.84 Å². The molecule has 1 fully saturated rings. The number of thiophene rings is 1. The Balaban J connectivity index is 1.81. The van der Waals surface area contributed by atoms with Crippen LogP contribution in [-0.4, -0.2) is 52.9 Å². The lowest BCUT2D eigenvalue weighted by Gasteiger charge is -2.27. The van der Waals surface area contributed by atoms with E-state index >= 15 is 0 Å². The van der Waals surface area contributed by atoms with E-state index in [-0.39, 0.29) is 35.6 Å². The molecule has 1 aliphatic heterocycles. The molecule has 1 amide bonds. The van der Waals surface area contributed by atoms with Crippen LogP contribution in [0, 0.1) is 0 Å². The Labute approximate surface area is 137 Å². The van der Waals surface area contributed by atoms with E-state index in [1.165, 1.54) is 22.2 Å². The Morgan fingerprint density at radius 3 is 2.96 bits per heavy atom. The van der Waals surface area contributed by atoms with Gasteiger partial charge in [0.15, 0.2) is 9.84 Å². The highest BCUT2D eigenvalue weighted by atomic mass is 32.2. The van der Waals surface area contributed by atoms with E-state index in [0.29, 0.717) is 23.2 Å². The van der Waals surface area contributed by atoms with Gasteiger partial charge >= 0.3 is 0 Å². The van der Waals surface area contributed by atoms with Crippen molar-refractivity contribution < 1.29 is 13.2 Å². The molecular weight excluding hydrogens is 338 g/mol. The van der Waals surface area contributed by atoms with Crippen LogP contribution in [0.3, 0.4) is 0 Å². The van der Waals surface area contributed by atoms with Gasteiger partial charge in [0.2, 0.25) is 5.91 Å². The number of aromatic nitrogens is 2. The van der Waals surface area contributed by atoms with Crippen molar-refractivity contribution >= 4 is 37.3 Å². The second-order valence-electron chi connectivity index (χ2n) is 5.55. The molecule has 0 radical (unpaired) electrons. The lowest BCUT2D eigenvalue weighted by Crippen LogP contribution is -2.43. The minimum Gasteiger partial charge on any atom is -0.337 e. The fourth-order valence-corrected chi connectivity index (χ4v) is 5.41. The van der Waals surface area contributed by atoms with Crippen molar-refractivity contribution in [1.29, 1.82) is 0 Å². The molecule has 0 aliphatic carbocycles. The molecule has 0 aromatic carbocycles. The molecular formula is C14H17N3O4S2. The van der Waals surface area contributed by atoms with Crippen LogP contribution >= 0.6 is 11.3 Å². The van der Waals surface area contributed by atoms with Crippen molar-refractivity contribution in [3.8, 4) is 0 Å². The number of amides is 1. The largest absolute Gasteiger partial charge is 0.337 e. The molecule has 1 saturated heterocycles. The van der Waals surface area contributed by atoms with E-state index in [1.807, 2.05) is 6.92 Å². The maximum absolute atomic E-state index is 12.5. The van der Waals surface area contributed by atoms with Crippen LogP contribution < -0.4 is 5.56 Å². The minimum absolute atomic E-state index is 0.00366. The fraction of sp³-hybridized carbons (Fsp3) is 0.500. The summed E-state index contributed by atoms with van der Waals surface area (Å²) >= 11 is 1.29. The standard InChI is InChI=1S/C14H17N3O4S2/c1-2-17(10-4-6-23(20,21)8-10)12(18)7-16-9-15-11-3-5-22-13(11)14(16)19/h3,5,9-10H,2,4,6-8H2,1H3/t10-/m0/s1. The molecule has 0 saturated carbocycles. The Kier molecular flexibility index (Phi) is 4.24. The molecule has 1 aliphatic rings. The van der Waals surface area contributed by atoms with E-state index in [9.17, 15) is 18.0 Å². The van der Waals surface area contributed by atoms with Crippen molar-refractivity contribution in [3.05, 3.63) is 28.1 Å². The summed E-state index contributed by atoms with van der Waals surface area (Å²) in [4.78, 5) is 30.6. The van der Waals surface area contributed by atoms with Gasteiger partial charge in [-0.15, -0.1) is 11.3 Å². The number of carbonyl (C=O) groups is 1. The minimum atomic E-state index is -3.06. The Morgan fingerprint density at radius 1 is 1.52 bits per heavy atom. The summed E-state index contributed by atoms with van der Waals surface area (Å²) < 4.78 is 25.0. The second kappa shape index (κ2) is 6.04. The number of carbonyl (C=O) groups excluding carboxylic acids is 1. The van der Waals surface area contributed by atoms with Crippen LogP contribution in [0.25, 0.3) is 10.2 Å². The highest BCUT2D eigenvalue weighted by molar-refractivity contribution is 7.91. The molecule has 3 heterocycles. The van der Waals surface area contributed by atoms with E-state index in [4.69, 9.17) is 0 Å². The first-order valence-electron chi connectivity index (χ1n) is 7.34. The Bertz CT molecular complexity index is 900. The fourth-order valence-electron chi connectivity index (χ4n) is 2.89. The normalized spacial score (nSPS) is 20.0. The number of sulfone groups is 1. The number of rotatable bonds is 4. The van der Waals surface area contributed by atoms with Crippen molar-refractivity contribution in [2.75, 3.05) is 18.1 Å². The van der Waals surface area contributed by atoms with Crippen LogP contribution in [0.2, 0.25) is 0 Å². The molecule has 2 aromatic rings. The average molecular weight is 355 g/mol. The van der Waals surface area contributed by atoms with Gasteiger partial charge in [0.05, 0.1) is 23.3 Å². The summed E-state index contributed by atoms with van der Waals surface area (Å²) in [5, 5.41) is 1.78. The molecule has 9 heteroatoms. The maximum Gasteiger partial charge on any atom is 0.271 e. The second-order valence-corrected chi connectivity index (χ2v) is 8.69. The van der Waals surface area contributed by atoms with Gasteiger partial charge in [0.1, 0.15) is 11.2 Å².